The maximum absolute atomic E-state index is 11.8. The molecule has 104 valence electrons. The first-order chi connectivity index (χ1) is 9.10. The standard InChI is InChI=1S/C15H22N2O2/c1-16-15(14(18)19,12-6-4-3-5-7-12)10-11-17(2)13-8-9-13/h3-7,13,16H,8-11H2,1-2H3,(H,18,19). The molecule has 1 aromatic carbocycles. The van der Waals surface area contributed by atoms with Crippen molar-refractivity contribution in [3.63, 3.8) is 0 Å². The Morgan fingerprint density at radius 3 is 2.53 bits per heavy atom. The molecule has 1 aliphatic carbocycles. The van der Waals surface area contributed by atoms with Crippen LogP contribution in [0.15, 0.2) is 30.3 Å². The van der Waals surface area contributed by atoms with E-state index in [-0.39, 0.29) is 0 Å². The average molecular weight is 262 g/mol. The van der Waals surface area contributed by atoms with Crippen molar-refractivity contribution in [3.8, 4) is 0 Å². The third-order valence-corrected chi connectivity index (χ3v) is 4.07. The molecule has 0 bridgehead atoms. The van der Waals surface area contributed by atoms with Crippen LogP contribution in [-0.2, 0) is 10.3 Å². The van der Waals surface area contributed by atoms with Gasteiger partial charge in [0.2, 0.25) is 0 Å². The zero-order valence-corrected chi connectivity index (χ0v) is 11.6. The van der Waals surface area contributed by atoms with E-state index < -0.39 is 11.5 Å². The van der Waals surface area contributed by atoms with Crippen LogP contribution in [0.2, 0.25) is 0 Å². The molecule has 1 aliphatic rings. The van der Waals surface area contributed by atoms with Gasteiger partial charge in [0.05, 0.1) is 0 Å². The quantitative estimate of drug-likeness (QED) is 0.785. The molecule has 1 aromatic rings. The van der Waals surface area contributed by atoms with E-state index in [1.54, 1.807) is 7.05 Å². The number of hydrogen-bond donors (Lipinski definition) is 2. The highest BCUT2D eigenvalue weighted by atomic mass is 16.4. The molecule has 0 aliphatic heterocycles. The second kappa shape index (κ2) is 5.72. The number of hydrogen-bond acceptors (Lipinski definition) is 3. The number of nitrogens with zero attached hydrogens (tertiary/aromatic N) is 1. The second-order valence-corrected chi connectivity index (χ2v) is 5.29. The Morgan fingerprint density at radius 1 is 1.42 bits per heavy atom. The maximum atomic E-state index is 11.8. The highest BCUT2D eigenvalue weighted by Gasteiger charge is 2.39. The number of aliphatic carboxylic acids is 1. The molecule has 0 aromatic heterocycles. The maximum Gasteiger partial charge on any atom is 0.328 e. The molecule has 19 heavy (non-hydrogen) atoms. The van der Waals surface area contributed by atoms with E-state index in [1.165, 1.54) is 12.8 Å². The molecule has 4 heteroatoms. The SMILES string of the molecule is CNC(CCN(C)C1CC1)(C(=O)O)c1ccccc1. The Morgan fingerprint density at radius 2 is 2.05 bits per heavy atom. The summed E-state index contributed by atoms with van der Waals surface area (Å²) in [7, 11) is 3.79. The van der Waals surface area contributed by atoms with Crippen molar-refractivity contribution in [1.29, 1.82) is 0 Å². The van der Waals surface area contributed by atoms with E-state index in [0.717, 1.165) is 12.1 Å². The molecule has 0 saturated heterocycles. The van der Waals surface area contributed by atoms with Crippen LogP contribution in [0, 0.1) is 0 Å². The van der Waals surface area contributed by atoms with Gasteiger partial charge >= 0.3 is 5.97 Å². The van der Waals surface area contributed by atoms with E-state index in [9.17, 15) is 9.90 Å². The van der Waals surface area contributed by atoms with Crippen LogP contribution in [0.5, 0.6) is 0 Å². The summed E-state index contributed by atoms with van der Waals surface area (Å²) in [6.45, 7) is 0.784. The lowest BCUT2D eigenvalue weighted by Gasteiger charge is -2.31. The smallest absolute Gasteiger partial charge is 0.328 e. The van der Waals surface area contributed by atoms with Crippen LogP contribution in [0.25, 0.3) is 0 Å². The highest BCUT2D eigenvalue weighted by Crippen LogP contribution is 2.29. The first-order valence-electron chi connectivity index (χ1n) is 6.78. The molecular formula is C15H22N2O2. The summed E-state index contributed by atoms with van der Waals surface area (Å²) in [4.78, 5) is 14.0. The van der Waals surface area contributed by atoms with Gasteiger partial charge in [0, 0.05) is 12.6 Å². The van der Waals surface area contributed by atoms with Crippen LogP contribution in [0.1, 0.15) is 24.8 Å². The van der Waals surface area contributed by atoms with Crippen molar-refractivity contribution < 1.29 is 9.90 Å². The fourth-order valence-corrected chi connectivity index (χ4v) is 2.52. The molecule has 4 nitrogen and oxygen atoms in total. The predicted octanol–water partition coefficient (Wildman–Crippen LogP) is 1.67. The molecule has 1 saturated carbocycles. The Kier molecular flexibility index (Phi) is 4.22. The lowest BCUT2D eigenvalue weighted by molar-refractivity contribution is -0.145. The second-order valence-electron chi connectivity index (χ2n) is 5.29. The molecule has 2 rings (SSSR count). The van der Waals surface area contributed by atoms with Crippen molar-refractivity contribution in [1.82, 2.24) is 10.2 Å². The molecule has 0 spiro atoms. The summed E-state index contributed by atoms with van der Waals surface area (Å²) in [6.07, 6.45) is 3.04. The summed E-state index contributed by atoms with van der Waals surface area (Å²) in [5.74, 6) is -0.814. The molecule has 2 N–H and O–H groups in total. The largest absolute Gasteiger partial charge is 0.480 e. The molecule has 1 unspecified atom stereocenters. The topological polar surface area (TPSA) is 52.6 Å². The van der Waals surface area contributed by atoms with Crippen molar-refractivity contribution in [2.24, 2.45) is 0 Å². The predicted molar refractivity (Wildman–Crippen MR) is 75.1 cm³/mol. The Labute approximate surface area is 114 Å². The number of likely N-dealkylation sites (N-methyl/N-ethyl adjacent to an activating group) is 1. The van der Waals surface area contributed by atoms with Gasteiger partial charge in [-0.2, -0.15) is 0 Å². The minimum atomic E-state index is -0.996. The molecule has 0 amide bonds. The number of rotatable bonds is 7. The molecule has 0 radical (unpaired) electrons. The molecule has 0 heterocycles. The van der Waals surface area contributed by atoms with Crippen LogP contribution >= 0.6 is 0 Å². The van der Waals surface area contributed by atoms with Gasteiger partial charge < -0.3 is 15.3 Å². The minimum Gasteiger partial charge on any atom is -0.480 e. The van der Waals surface area contributed by atoms with Crippen molar-refractivity contribution in [2.75, 3.05) is 20.6 Å². The number of benzene rings is 1. The van der Waals surface area contributed by atoms with Crippen molar-refractivity contribution in [2.45, 2.75) is 30.8 Å². The first-order valence-corrected chi connectivity index (χ1v) is 6.78. The average Bonchev–Trinajstić information content (AvgIpc) is 3.25. The normalized spacial score (nSPS) is 18.3. The lowest BCUT2D eigenvalue weighted by atomic mass is 9.86. The van der Waals surface area contributed by atoms with Gasteiger partial charge in [0.25, 0.3) is 0 Å². The van der Waals surface area contributed by atoms with Gasteiger partial charge in [-0.3, -0.25) is 0 Å². The number of carbonyl (C=O) groups is 1. The summed E-state index contributed by atoms with van der Waals surface area (Å²) >= 11 is 0. The zero-order valence-electron chi connectivity index (χ0n) is 11.6. The van der Waals surface area contributed by atoms with Crippen LogP contribution in [-0.4, -0.2) is 42.7 Å². The van der Waals surface area contributed by atoms with Crippen LogP contribution < -0.4 is 5.32 Å². The van der Waals surface area contributed by atoms with Crippen LogP contribution in [0.3, 0.4) is 0 Å². The minimum absolute atomic E-state index is 0.565. The van der Waals surface area contributed by atoms with E-state index >= 15 is 0 Å². The van der Waals surface area contributed by atoms with Crippen molar-refractivity contribution >= 4 is 5.97 Å². The van der Waals surface area contributed by atoms with Gasteiger partial charge in [-0.1, -0.05) is 30.3 Å². The number of carboxylic acid groups (broad SMARTS) is 1. The summed E-state index contributed by atoms with van der Waals surface area (Å²) in [5, 5.41) is 12.7. The monoisotopic (exact) mass is 262 g/mol. The zero-order chi connectivity index (χ0) is 13.9. The van der Waals surface area contributed by atoms with E-state index in [0.29, 0.717) is 12.5 Å². The third-order valence-electron chi connectivity index (χ3n) is 4.07. The van der Waals surface area contributed by atoms with Gasteiger partial charge in [0.1, 0.15) is 5.54 Å². The van der Waals surface area contributed by atoms with E-state index in [2.05, 4.69) is 17.3 Å². The van der Waals surface area contributed by atoms with E-state index in [4.69, 9.17) is 0 Å². The Balaban J connectivity index is 2.16. The van der Waals surface area contributed by atoms with Crippen LogP contribution in [0.4, 0.5) is 0 Å². The van der Waals surface area contributed by atoms with Gasteiger partial charge in [0.15, 0.2) is 0 Å². The number of nitrogens with one attached hydrogen (secondary N) is 1. The third kappa shape index (κ3) is 2.96. The Bertz CT molecular complexity index is 431. The van der Waals surface area contributed by atoms with Crippen molar-refractivity contribution in [3.05, 3.63) is 35.9 Å². The summed E-state index contributed by atoms with van der Waals surface area (Å²) < 4.78 is 0. The van der Waals surface area contributed by atoms with Gasteiger partial charge in [-0.15, -0.1) is 0 Å². The summed E-state index contributed by atoms with van der Waals surface area (Å²) in [6, 6.07) is 10.1. The molecular weight excluding hydrogens is 240 g/mol. The van der Waals surface area contributed by atoms with E-state index in [1.807, 2.05) is 30.3 Å². The van der Waals surface area contributed by atoms with Gasteiger partial charge in [-0.25, -0.2) is 4.79 Å². The fraction of sp³-hybridized carbons (Fsp3) is 0.533. The summed E-state index contributed by atoms with van der Waals surface area (Å²) in [5.41, 5.74) is -0.182. The van der Waals surface area contributed by atoms with Gasteiger partial charge in [-0.05, 0) is 38.9 Å². The highest BCUT2D eigenvalue weighted by molar-refractivity contribution is 5.80. The lowest BCUT2D eigenvalue weighted by Crippen LogP contribution is -2.49. The number of carboxylic acids is 1. The molecule has 1 fully saturated rings. The molecule has 1 atom stereocenters. The Hall–Kier alpha value is -1.39. The fourth-order valence-electron chi connectivity index (χ4n) is 2.52. The first kappa shape index (κ1) is 14.0.